The summed E-state index contributed by atoms with van der Waals surface area (Å²) in [5, 5.41) is 2.27. The second kappa shape index (κ2) is 20.5. The average Bonchev–Trinajstić information content (AvgIpc) is 3.85. The number of furan rings is 1. The van der Waals surface area contributed by atoms with Crippen molar-refractivity contribution in [2.45, 2.75) is 53.4 Å². The maximum absolute atomic E-state index is 6.29. The van der Waals surface area contributed by atoms with Crippen LogP contribution in [0.2, 0.25) is 0 Å². The molecule has 362 valence electrons. The fourth-order valence-corrected chi connectivity index (χ4v) is 10.5. The minimum absolute atomic E-state index is 0.896. The number of hydrogen-bond donors (Lipinski definition) is 0. The summed E-state index contributed by atoms with van der Waals surface area (Å²) in [4.78, 5) is 14.2. The van der Waals surface area contributed by atoms with E-state index in [9.17, 15) is 0 Å². The number of pyridine rings is 3. The predicted octanol–water partition coefficient (Wildman–Crippen LogP) is 18.2. The van der Waals surface area contributed by atoms with Crippen LogP contribution in [-0.2, 0) is 25.7 Å². The number of para-hydroxylation sites is 1. The molecule has 4 nitrogen and oxygen atoms in total. The SMILES string of the molecule is Cc1cnc(-c2ccc(CCc3cc(CCc4ccc(-c5cc(C)c(C)cn5)cc4)cc(-c4ccccc4-c4ccc(-c5ccccn5)cc4-c4ccc(-c5ccc6c(c5)oc5ccccc56)cc4)c3)cc2)cc1C. The minimum Gasteiger partial charge on any atom is -0.456 e. The summed E-state index contributed by atoms with van der Waals surface area (Å²) >= 11 is 0. The van der Waals surface area contributed by atoms with Crippen LogP contribution in [0.25, 0.3) is 100 Å². The van der Waals surface area contributed by atoms with E-state index in [1.165, 1.54) is 66.8 Å². The van der Waals surface area contributed by atoms with Crippen molar-refractivity contribution >= 4 is 21.9 Å². The van der Waals surface area contributed by atoms with Gasteiger partial charge in [-0.05, 0) is 191 Å². The Balaban J connectivity index is 0.894. The molecule has 0 saturated heterocycles. The largest absolute Gasteiger partial charge is 0.456 e. The van der Waals surface area contributed by atoms with Crippen LogP contribution in [0.1, 0.15) is 44.5 Å². The van der Waals surface area contributed by atoms with Gasteiger partial charge in [0.25, 0.3) is 0 Å². The summed E-state index contributed by atoms with van der Waals surface area (Å²) in [6.45, 7) is 8.53. The molecule has 0 aliphatic carbocycles. The van der Waals surface area contributed by atoms with E-state index >= 15 is 0 Å². The maximum atomic E-state index is 6.29. The van der Waals surface area contributed by atoms with Crippen LogP contribution in [0.4, 0.5) is 0 Å². The number of aryl methyl sites for hydroxylation is 8. The molecule has 12 rings (SSSR count). The molecule has 12 aromatic rings. The standard InChI is InChI=1S/C71H57N3O/c1-46-37-68(73-44-48(46)3)56-24-20-50(21-25-56)16-18-52-39-53(19-17-51-22-26-57(27-23-51)69-38-47(2)49(4)45-74-69)41-60(40-52)61-11-5-6-12-62(61)63-34-33-59(67-14-9-10-36-72-67)42-66(63)55-30-28-54(29-31-55)58-32-35-65-64-13-7-8-15-70(64)75-71(65)43-58/h5-15,20-45H,16-19H2,1-4H3. The summed E-state index contributed by atoms with van der Waals surface area (Å²) in [5.74, 6) is 0. The summed E-state index contributed by atoms with van der Waals surface area (Å²) in [6, 6.07) is 75.3. The molecule has 0 unspecified atom stereocenters. The fraction of sp³-hybridized carbons (Fsp3) is 0.113. The molecular formula is C71H57N3O. The Morgan fingerprint density at radius 2 is 0.813 bits per heavy atom. The van der Waals surface area contributed by atoms with Crippen LogP contribution in [0, 0.1) is 27.7 Å². The van der Waals surface area contributed by atoms with E-state index in [0.717, 1.165) is 104 Å². The number of fused-ring (bicyclic) bond motifs is 3. The monoisotopic (exact) mass is 967 g/mol. The molecule has 8 aromatic carbocycles. The second-order valence-electron chi connectivity index (χ2n) is 20.1. The molecule has 75 heavy (non-hydrogen) atoms. The number of hydrogen-bond acceptors (Lipinski definition) is 4. The van der Waals surface area contributed by atoms with Gasteiger partial charge in [0.1, 0.15) is 11.2 Å². The van der Waals surface area contributed by atoms with Gasteiger partial charge in [0.15, 0.2) is 0 Å². The lowest BCUT2D eigenvalue weighted by molar-refractivity contribution is 0.669. The highest BCUT2D eigenvalue weighted by molar-refractivity contribution is 6.06. The molecule has 0 fully saturated rings. The molecular weight excluding hydrogens is 911 g/mol. The van der Waals surface area contributed by atoms with Gasteiger partial charge in [-0.1, -0.05) is 158 Å². The lowest BCUT2D eigenvalue weighted by Gasteiger charge is -2.18. The Bertz CT molecular complexity index is 3900. The van der Waals surface area contributed by atoms with Crippen LogP contribution in [0.15, 0.2) is 229 Å². The van der Waals surface area contributed by atoms with E-state index in [0.29, 0.717) is 0 Å². The van der Waals surface area contributed by atoms with Gasteiger partial charge in [0.2, 0.25) is 0 Å². The molecule has 0 amide bonds. The molecule has 0 aliphatic rings. The van der Waals surface area contributed by atoms with E-state index in [1.807, 2.05) is 36.8 Å². The third kappa shape index (κ3) is 9.96. The third-order valence-electron chi connectivity index (χ3n) is 15.1. The molecule has 0 atom stereocenters. The van der Waals surface area contributed by atoms with Crippen molar-refractivity contribution in [3.05, 3.63) is 269 Å². The normalized spacial score (nSPS) is 11.4. The molecule has 4 aromatic heterocycles. The van der Waals surface area contributed by atoms with Gasteiger partial charge < -0.3 is 4.42 Å². The van der Waals surface area contributed by atoms with E-state index in [1.54, 1.807) is 0 Å². The third-order valence-corrected chi connectivity index (χ3v) is 15.1. The Labute approximate surface area is 440 Å². The van der Waals surface area contributed by atoms with Crippen molar-refractivity contribution in [1.29, 1.82) is 0 Å². The molecule has 0 saturated carbocycles. The Hall–Kier alpha value is -8.99. The molecule has 0 N–H and O–H groups in total. The van der Waals surface area contributed by atoms with Gasteiger partial charge in [-0.25, -0.2) is 0 Å². The molecule has 0 spiro atoms. The smallest absolute Gasteiger partial charge is 0.136 e. The first-order valence-corrected chi connectivity index (χ1v) is 26.1. The summed E-state index contributed by atoms with van der Waals surface area (Å²) < 4.78 is 6.29. The predicted molar refractivity (Wildman–Crippen MR) is 312 cm³/mol. The lowest BCUT2D eigenvalue weighted by Crippen LogP contribution is -1.98. The average molecular weight is 968 g/mol. The van der Waals surface area contributed by atoms with Gasteiger partial charge in [-0.2, -0.15) is 0 Å². The second-order valence-corrected chi connectivity index (χ2v) is 20.1. The number of benzene rings is 8. The van der Waals surface area contributed by atoms with Crippen molar-refractivity contribution in [1.82, 2.24) is 15.0 Å². The van der Waals surface area contributed by atoms with Crippen molar-refractivity contribution in [3.8, 4) is 78.3 Å². The zero-order valence-corrected chi connectivity index (χ0v) is 42.9. The number of aromatic nitrogens is 3. The maximum Gasteiger partial charge on any atom is 0.136 e. The molecule has 4 heteroatoms. The lowest BCUT2D eigenvalue weighted by atomic mass is 9.86. The van der Waals surface area contributed by atoms with E-state index in [4.69, 9.17) is 19.4 Å². The zero-order valence-electron chi connectivity index (χ0n) is 42.9. The number of rotatable bonds is 13. The van der Waals surface area contributed by atoms with E-state index in [-0.39, 0.29) is 0 Å². The van der Waals surface area contributed by atoms with Crippen LogP contribution < -0.4 is 0 Å². The van der Waals surface area contributed by atoms with Crippen molar-refractivity contribution < 1.29 is 4.42 Å². The van der Waals surface area contributed by atoms with Crippen LogP contribution >= 0.6 is 0 Å². The summed E-state index contributed by atoms with van der Waals surface area (Å²) in [6.07, 6.45) is 9.51. The highest BCUT2D eigenvalue weighted by atomic mass is 16.3. The van der Waals surface area contributed by atoms with Gasteiger partial charge in [0, 0.05) is 46.1 Å². The fourth-order valence-electron chi connectivity index (χ4n) is 10.5. The molecule has 0 aliphatic heterocycles. The highest BCUT2D eigenvalue weighted by Gasteiger charge is 2.17. The zero-order chi connectivity index (χ0) is 50.8. The topological polar surface area (TPSA) is 51.8 Å². The van der Waals surface area contributed by atoms with Crippen LogP contribution in [0.5, 0.6) is 0 Å². The van der Waals surface area contributed by atoms with Crippen LogP contribution in [-0.4, -0.2) is 15.0 Å². The quantitative estimate of drug-likeness (QED) is 0.116. The first-order chi connectivity index (χ1) is 36.8. The minimum atomic E-state index is 0.896. The highest BCUT2D eigenvalue weighted by Crippen LogP contribution is 2.42. The first-order valence-electron chi connectivity index (χ1n) is 26.1. The Morgan fingerprint density at radius 3 is 1.44 bits per heavy atom. The van der Waals surface area contributed by atoms with Crippen molar-refractivity contribution in [2.24, 2.45) is 0 Å². The molecule has 0 radical (unpaired) electrons. The van der Waals surface area contributed by atoms with Gasteiger partial charge in [-0.15, -0.1) is 0 Å². The van der Waals surface area contributed by atoms with Crippen molar-refractivity contribution in [3.63, 3.8) is 0 Å². The Morgan fingerprint density at radius 1 is 0.293 bits per heavy atom. The summed E-state index contributed by atoms with van der Waals surface area (Å²) in [7, 11) is 0. The van der Waals surface area contributed by atoms with Crippen LogP contribution in [0.3, 0.4) is 0 Å². The van der Waals surface area contributed by atoms with Gasteiger partial charge >= 0.3 is 0 Å². The van der Waals surface area contributed by atoms with E-state index < -0.39 is 0 Å². The number of nitrogens with zero attached hydrogens (tertiary/aromatic N) is 3. The summed E-state index contributed by atoms with van der Waals surface area (Å²) in [5.41, 5.74) is 27.7. The molecule has 0 bridgehead atoms. The van der Waals surface area contributed by atoms with Crippen molar-refractivity contribution in [2.75, 3.05) is 0 Å². The van der Waals surface area contributed by atoms with Gasteiger partial charge in [0.05, 0.1) is 17.1 Å². The first kappa shape index (κ1) is 47.0. The van der Waals surface area contributed by atoms with E-state index in [2.05, 4.69) is 216 Å². The van der Waals surface area contributed by atoms with Gasteiger partial charge in [-0.3, -0.25) is 15.0 Å². The molecule has 4 heterocycles. The Kier molecular flexibility index (Phi) is 12.9.